The maximum Gasteiger partial charge on any atom is 0.113 e. The first kappa shape index (κ1) is 11.9. The lowest BCUT2D eigenvalue weighted by molar-refractivity contribution is 0.166. The molecule has 1 aromatic rings. The number of piperidine rings is 1. The van der Waals surface area contributed by atoms with Crippen LogP contribution >= 0.6 is 22.9 Å². The van der Waals surface area contributed by atoms with E-state index >= 15 is 0 Å². The van der Waals surface area contributed by atoms with Crippen LogP contribution in [-0.4, -0.2) is 35.1 Å². The molecule has 17 heavy (non-hydrogen) atoms. The summed E-state index contributed by atoms with van der Waals surface area (Å²) in [6.07, 6.45) is 7.04. The van der Waals surface area contributed by atoms with E-state index in [9.17, 15) is 0 Å². The van der Waals surface area contributed by atoms with Crippen LogP contribution in [0.1, 0.15) is 30.7 Å². The van der Waals surface area contributed by atoms with Crippen molar-refractivity contribution in [2.45, 2.75) is 50.4 Å². The van der Waals surface area contributed by atoms with E-state index in [4.69, 9.17) is 11.6 Å². The van der Waals surface area contributed by atoms with Crippen molar-refractivity contribution in [3.8, 4) is 0 Å². The SMILES string of the molecule is CN(Cc1ncc(Cl)s1)C1CC2CCC(C1)N2. The molecule has 3 heterocycles. The molecule has 2 atom stereocenters. The lowest BCUT2D eigenvalue weighted by Gasteiger charge is -2.35. The van der Waals surface area contributed by atoms with E-state index in [-0.39, 0.29) is 0 Å². The predicted octanol–water partition coefficient (Wildman–Crippen LogP) is 2.51. The van der Waals surface area contributed by atoms with Crippen LogP contribution in [0.4, 0.5) is 0 Å². The zero-order chi connectivity index (χ0) is 11.8. The van der Waals surface area contributed by atoms with Crippen molar-refractivity contribution in [1.82, 2.24) is 15.2 Å². The quantitative estimate of drug-likeness (QED) is 0.916. The van der Waals surface area contributed by atoms with Crippen molar-refractivity contribution < 1.29 is 0 Å². The van der Waals surface area contributed by atoms with Crippen LogP contribution in [0.5, 0.6) is 0 Å². The second-order valence-corrected chi connectivity index (χ2v) is 6.98. The summed E-state index contributed by atoms with van der Waals surface area (Å²) >= 11 is 7.51. The molecule has 0 amide bonds. The molecule has 2 fully saturated rings. The minimum atomic E-state index is 0.705. The van der Waals surface area contributed by atoms with Gasteiger partial charge in [-0.2, -0.15) is 0 Å². The largest absolute Gasteiger partial charge is 0.311 e. The fourth-order valence-electron chi connectivity index (χ4n) is 3.09. The molecule has 3 rings (SSSR count). The van der Waals surface area contributed by atoms with Gasteiger partial charge in [0.2, 0.25) is 0 Å². The van der Waals surface area contributed by atoms with Gasteiger partial charge in [-0.1, -0.05) is 11.6 Å². The van der Waals surface area contributed by atoms with Crippen LogP contribution < -0.4 is 5.32 Å². The number of rotatable bonds is 3. The standard InChI is InChI=1S/C12H18ClN3S/c1-16(7-12-14-6-11(13)17-12)10-4-8-2-3-9(5-10)15-8/h6,8-10,15H,2-5,7H2,1H3. The molecule has 0 saturated carbocycles. The summed E-state index contributed by atoms with van der Waals surface area (Å²) < 4.78 is 0.791. The second-order valence-electron chi connectivity index (χ2n) is 5.24. The monoisotopic (exact) mass is 271 g/mol. The van der Waals surface area contributed by atoms with Crippen LogP contribution in [0.2, 0.25) is 4.34 Å². The molecule has 94 valence electrons. The highest BCUT2D eigenvalue weighted by Gasteiger charge is 2.35. The fraction of sp³-hybridized carbons (Fsp3) is 0.750. The van der Waals surface area contributed by atoms with Gasteiger partial charge in [-0.15, -0.1) is 11.3 Å². The van der Waals surface area contributed by atoms with Gasteiger partial charge in [0.25, 0.3) is 0 Å². The van der Waals surface area contributed by atoms with Gasteiger partial charge in [-0.25, -0.2) is 4.98 Å². The van der Waals surface area contributed by atoms with Crippen LogP contribution in [0.3, 0.4) is 0 Å². The number of nitrogens with one attached hydrogen (secondary N) is 1. The van der Waals surface area contributed by atoms with Gasteiger partial charge in [-0.05, 0) is 32.7 Å². The third-order valence-corrected chi connectivity index (χ3v) is 5.08. The summed E-state index contributed by atoms with van der Waals surface area (Å²) in [5, 5.41) is 4.81. The fourth-order valence-corrected chi connectivity index (χ4v) is 4.11. The van der Waals surface area contributed by atoms with E-state index in [0.29, 0.717) is 6.04 Å². The number of halogens is 1. The molecule has 0 spiro atoms. The van der Waals surface area contributed by atoms with Crippen LogP contribution in [0, 0.1) is 0 Å². The van der Waals surface area contributed by atoms with E-state index in [1.807, 2.05) is 0 Å². The minimum absolute atomic E-state index is 0.705. The van der Waals surface area contributed by atoms with Gasteiger partial charge in [0.15, 0.2) is 0 Å². The number of hydrogen-bond acceptors (Lipinski definition) is 4. The van der Waals surface area contributed by atoms with Crippen molar-refractivity contribution in [3.05, 3.63) is 15.5 Å². The Balaban J connectivity index is 1.60. The highest BCUT2D eigenvalue weighted by atomic mass is 35.5. The third kappa shape index (κ3) is 2.65. The average molecular weight is 272 g/mol. The highest BCUT2D eigenvalue weighted by Crippen LogP contribution is 2.30. The molecular formula is C12H18ClN3S. The molecule has 0 aromatic carbocycles. The van der Waals surface area contributed by atoms with Gasteiger partial charge in [-0.3, -0.25) is 4.90 Å². The maximum absolute atomic E-state index is 5.91. The molecule has 2 aliphatic heterocycles. The lowest BCUT2D eigenvalue weighted by atomic mass is 9.99. The smallest absolute Gasteiger partial charge is 0.113 e. The number of thiazole rings is 1. The van der Waals surface area contributed by atoms with E-state index in [2.05, 4.69) is 22.2 Å². The van der Waals surface area contributed by atoms with Gasteiger partial charge >= 0.3 is 0 Å². The Morgan fingerprint density at radius 3 is 2.76 bits per heavy atom. The van der Waals surface area contributed by atoms with Gasteiger partial charge in [0, 0.05) is 18.1 Å². The molecule has 2 bridgehead atoms. The van der Waals surface area contributed by atoms with Crippen molar-refractivity contribution in [3.63, 3.8) is 0 Å². The topological polar surface area (TPSA) is 28.2 Å². The molecule has 1 aromatic heterocycles. The Labute approximate surface area is 111 Å². The van der Waals surface area contributed by atoms with Gasteiger partial charge in [0.1, 0.15) is 9.34 Å². The molecular weight excluding hydrogens is 254 g/mol. The van der Waals surface area contributed by atoms with E-state index in [0.717, 1.165) is 28.0 Å². The van der Waals surface area contributed by atoms with Gasteiger partial charge < -0.3 is 5.32 Å². The Morgan fingerprint density at radius 1 is 1.47 bits per heavy atom. The van der Waals surface area contributed by atoms with Gasteiger partial charge in [0.05, 0.1) is 12.7 Å². The number of nitrogens with zero attached hydrogens (tertiary/aromatic N) is 2. The number of fused-ring (bicyclic) bond motifs is 2. The molecule has 3 nitrogen and oxygen atoms in total. The average Bonchev–Trinajstić information content (AvgIpc) is 2.85. The van der Waals surface area contributed by atoms with Crippen molar-refractivity contribution >= 4 is 22.9 Å². The Hall–Kier alpha value is -0.160. The second kappa shape index (κ2) is 4.84. The Bertz CT molecular complexity index is 383. The number of hydrogen-bond donors (Lipinski definition) is 1. The third-order valence-electron chi connectivity index (χ3n) is 3.98. The summed E-state index contributed by atoms with van der Waals surface area (Å²) in [5.74, 6) is 0. The first-order valence-electron chi connectivity index (χ1n) is 6.27. The zero-order valence-corrected chi connectivity index (χ0v) is 11.6. The van der Waals surface area contributed by atoms with E-state index in [1.165, 1.54) is 25.7 Å². The zero-order valence-electron chi connectivity index (χ0n) is 10.0. The van der Waals surface area contributed by atoms with Crippen LogP contribution in [-0.2, 0) is 6.54 Å². The summed E-state index contributed by atoms with van der Waals surface area (Å²) in [4.78, 5) is 6.78. The van der Waals surface area contributed by atoms with E-state index < -0.39 is 0 Å². The summed E-state index contributed by atoms with van der Waals surface area (Å²) in [6.45, 7) is 0.932. The van der Waals surface area contributed by atoms with Crippen molar-refractivity contribution in [2.75, 3.05) is 7.05 Å². The first-order valence-corrected chi connectivity index (χ1v) is 7.46. The highest BCUT2D eigenvalue weighted by molar-refractivity contribution is 7.15. The molecule has 1 N–H and O–H groups in total. The first-order chi connectivity index (χ1) is 8.20. The maximum atomic E-state index is 5.91. The van der Waals surface area contributed by atoms with Crippen molar-refractivity contribution in [2.24, 2.45) is 0 Å². The summed E-state index contributed by atoms with van der Waals surface area (Å²) in [6, 6.07) is 2.21. The molecule has 2 saturated heterocycles. The molecule has 5 heteroatoms. The minimum Gasteiger partial charge on any atom is -0.311 e. The Kier molecular flexibility index (Phi) is 3.39. The van der Waals surface area contributed by atoms with Crippen molar-refractivity contribution in [1.29, 1.82) is 0 Å². The summed E-state index contributed by atoms with van der Waals surface area (Å²) in [7, 11) is 2.21. The molecule has 0 radical (unpaired) electrons. The lowest BCUT2D eigenvalue weighted by Crippen LogP contribution is -2.46. The van der Waals surface area contributed by atoms with E-state index in [1.54, 1.807) is 17.5 Å². The van der Waals surface area contributed by atoms with Crippen LogP contribution in [0.25, 0.3) is 0 Å². The Morgan fingerprint density at radius 2 is 2.18 bits per heavy atom. The summed E-state index contributed by atoms with van der Waals surface area (Å²) in [5.41, 5.74) is 0. The van der Waals surface area contributed by atoms with Crippen LogP contribution in [0.15, 0.2) is 6.20 Å². The molecule has 2 unspecified atom stereocenters. The molecule has 2 aliphatic rings. The normalized spacial score (nSPS) is 32.3. The number of aromatic nitrogens is 1. The molecule has 0 aliphatic carbocycles. The predicted molar refractivity (Wildman–Crippen MR) is 71.6 cm³/mol.